The second kappa shape index (κ2) is 6.64. The lowest BCUT2D eigenvalue weighted by Gasteiger charge is -2.31. The molecule has 2 unspecified atom stereocenters. The summed E-state index contributed by atoms with van der Waals surface area (Å²) >= 11 is 1.89. The molecule has 110 valence electrons. The molecule has 1 aromatic carbocycles. The highest BCUT2D eigenvalue weighted by molar-refractivity contribution is 7.99. The van der Waals surface area contributed by atoms with Crippen molar-refractivity contribution in [1.29, 1.82) is 0 Å². The third-order valence-corrected chi connectivity index (χ3v) is 4.91. The number of rotatable bonds is 5. The first-order chi connectivity index (χ1) is 9.54. The molecule has 20 heavy (non-hydrogen) atoms. The zero-order chi connectivity index (χ0) is 14.7. The van der Waals surface area contributed by atoms with E-state index >= 15 is 0 Å². The van der Waals surface area contributed by atoms with E-state index in [1.807, 2.05) is 16.7 Å². The summed E-state index contributed by atoms with van der Waals surface area (Å²) in [5.41, 5.74) is 3.70. The molecule has 4 heteroatoms. The predicted molar refractivity (Wildman–Crippen MR) is 86.0 cm³/mol. The third-order valence-electron chi connectivity index (χ3n) is 3.78. The maximum atomic E-state index is 12.2. The smallest absolute Gasteiger partial charge is 0.238 e. The number of carbonyl (C=O) groups is 1. The number of amides is 1. The van der Waals surface area contributed by atoms with E-state index in [2.05, 4.69) is 51.2 Å². The van der Waals surface area contributed by atoms with Crippen LogP contribution >= 0.6 is 11.8 Å². The van der Waals surface area contributed by atoms with E-state index in [9.17, 15) is 4.79 Å². The van der Waals surface area contributed by atoms with Crippen LogP contribution in [0.15, 0.2) is 18.2 Å². The van der Waals surface area contributed by atoms with E-state index in [4.69, 9.17) is 0 Å². The van der Waals surface area contributed by atoms with E-state index < -0.39 is 0 Å². The van der Waals surface area contributed by atoms with E-state index in [-0.39, 0.29) is 18.1 Å². The minimum absolute atomic E-state index is 0.0230. The van der Waals surface area contributed by atoms with Gasteiger partial charge < -0.3 is 4.90 Å². The molecule has 1 aliphatic rings. The maximum absolute atomic E-state index is 12.2. The van der Waals surface area contributed by atoms with Gasteiger partial charge in [0.25, 0.3) is 0 Å². The van der Waals surface area contributed by atoms with Gasteiger partial charge in [0.05, 0.1) is 6.54 Å². The quantitative estimate of drug-likeness (QED) is 0.905. The minimum Gasteiger partial charge on any atom is -0.318 e. The number of aryl methyl sites for hydroxylation is 2. The molecular formula is C16H24N2OS. The van der Waals surface area contributed by atoms with Crippen LogP contribution in [0.25, 0.3) is 0 Å². The van der Waals surface area contributed by atoms with Gasteiger partial charge in [-0.15, -0.1) is 0 Å². The SMILES string of the molecule is CCSCC(C)N1C(=O)CNC1c1cc(C)ccc1C. The van der Waals surface area contributed by atoms with Gasteiger partial charge in [-0.3, -0.25) is 10.1 Å². The molecule has 1 heterocycles. The molecule has 0 spiro atoms. The standard InChI is InChI=1S/C16H24N2OS/c1-5-20-10-13(4)18-15(19)9-17-16(18)14-8-11(2)6-7-12(14)3/h6-8,13,16-17H,5,9-10H2,1-4H3. The van der Waals surface area contributed by atoms with E-state index in [1.165, 1.54) is 16.7 Å². The van der Waals surface area contributed by atoms with Gasteiger partial charge in [0.1, 0.15) is 6.17 Å². The Balaban J connectivity index is 2.25. The second-order valence-electron chi connectivity index (χ2n) is 5.45. The van der Waals surface area contributed by atoms with Crippen molar-refractivity contribution in [1.82, 2.24) is 10.2 Å². The number of nitrogens with one attached hydrogen (secondary N) is 1. The van der Waals surface area contributed by atoms with Crippen LogP contribution in [-0.4, -0.2) is 34.9 Å². The molecule has 0 aromatic heterocycles. The van der Waals surface area contributed by atoms with Gasteiger partial charge in [0.2, 0.25) is 5.91 Å². The fourth-order valence-corrected chi connectivity index (χ4v) is 3.44. The van der Waals surface area contributed by atoms with Crippen LogP contribution in [0, 0.1) is 13.8 Å². The molecule has 0 radical (unpaired) electrons. The molecule has 2 atom stereocenters. The lowest BCUT2D eigenvalue weighted by molar-refractivity contribution is -0.129. The predicted octanol–water partition coefficient (Wildman–Crippen LogP) is 2.88. The van der Waals surface area contributed by atoms with Crippen LogP contribution < -0.4 is 5.32 Å². The normalized spacial score (nSPS) is 20.5. The average Bonchev–Trinajstić information content (AvgIpc) is 2.80. The van der Waals surface area contributed by atoms with Crippen molar-refractivity contribution < 1.29 is 4.79 Å². The molecule has 0 aliphatic carbocycles. The summed E-state index contributed by atoms with van der Waals surface area (Å²) in [4.78, 5) is 14.2. The molecule has 1 saturated heterocycles. The van der Waals surface area contributed by atoms with Gasteiger partial charge in [-0.1, -0.05) is 30.7 Å². The highest BCUT2D eigenvalue weighted by atomic mass is 32.2. The third kappa shape index (κ3) is 3.18. The van der Waals surface area contributed by atoms with Crippen LogP contribution in [0.1, 0.15) is 36.7 Å². The largest absolute Gasteiger partial charge is 0.318 e. The fraction of sp³-hybridized carbons (Fsp3) is 0.562. The van der Waals surface area contributed by atoms with Crippen LogP contribution in [0.4, 0.5) is 0 Å². The Bertz CT molecular complexity index is 489. The summed E-state index contributed by atoms with van der Waals surface area (Å²) in [5, 5.41) is 3.37. The zero-order valence-corrected chi connectivity index (χ0v) is 13.6. The molecule has 0 bridgehead atoms. The monoisotopic (exact) mass is 292 g/mol. The van der Waals surface area contributed by atoms with Crippen molar-refractivity contribution in [3.05, 3.63) is 34.9 Å². The van der Waals surface area contributed by atoms with E-state index in [0.29, 0.717) is 6.54 Å². The minimum atomic E-state index is 0.0230. The first-order valence-electron chi connectivity index (χ1n) is 7.24. The van der Waals surface area contributed by atoms with Gasteiger partial charge in [-0.2, -0.15) is 11.8 Å². The summed E-state index contributed by atoms with van der Waals surface area (Å²) in [7, 11) is 0. The first kappa shape index (κ1) is 15.4. The van der Waals surface area contributed by atoms with E-state index in [0.717, 1.165) is 11.5 Å². The Morgan fingerprint density at radius 3 is 2.90 bits per heavy atom. The number of hydrogen-bond acceptors (Lipinski definition) is 3. The van der Waals surface area contributed by atoms with Crippen LogP contribution in [0.5, 0.6) is 0 Å². The van der Waals surface area contributed by atoms with Gasteiger partial charge in [0.15, 0.2) is 0 Å². The van der Waals surface area contributed by atoms with Crippen molar-refractivity contribution in [3.63, 3.8) is 0 Å². The Kier molecular flexibility index (Phi) is 5.11. The van der Waals surface area contributed by atoms with Crippen molar-refractivity contribution in [2.45, 2.75) is 39.9 Å². The Morgan fingerprint density at radius 2 is 2.20 bits per heavy atom. The van der Waals surface area contributed by atoms with Gasteiger partial charge in [-0.25, -0.2) is 0 Å². The topological polar surface area (TPSA) is 32.3 Å². The Morgan fingerprint density at radius 1 is 1.45 bits per heavy atom. The summed E-state index contributed by atoms with van der Waals surface area (Å²) in [5.74, 6) is 2.29. The fourth-order valence-electron chi connectivity index (χ4n) is 2.70. The van der Waals surface area contributed by atoms with Crippen molar-refractivity contribution in [3.8, 4) is 0 Å². The van der Waals surface area contributed by atoms with Gasteiger partial charge >= 0.3 is 0 Å². The Labute approximate surface area is 126 Å². The molecular weight excluding hydrogens is 268 g/mol. The summed E-state index contributed by atoms with van der Waals surface area (Å²) in [6.45, 7) is 8.96. The van der Waals surface area contributed by atoms with Crippen LogP contribution in [0.3, 0.4) is 0 Å². The van der Waals surface area contributed by atoms with E-state index in [1.54, 1.807) is 0 Å². The number of benzene rings is 1. The van der Waals surface area contributed by atoms with Crippen LogP contribution in [-0.2, 0) is 4.79 Å². The lowest BCUT2D eigenvalue weighted by atomic mass is 10.0. The molecule has 2 rings (SSSR count). The maximum Gasteiger partial charge on any atom is 0.238 e. The van der Waals surface area contributed by atoms with Crippen molar-refractivity contribution in [2.24, 2.45) is 0 Å². The lowest BCUT2D eigenvalue weighted by Crippen LogP contribution is -2.39. The average molecular weight is 292 g/mol. The first-order valence-corrected chi connectivity index (χ1v) is 8.39. The van der Waals surface area contributed by atoms with Crippen molar-refractivity contribution in [2.75, 3.05) is 18.1 Å². The summed E-state index contributed by atoms with van der Waals surface area (Å²) in [6.07, 6.45) is 0.0230. The molecule has 1 fully saturated rings. The number of hydrogen-bond donors (Lipinski definition) is 1. The molecule has 0 saturated carbocycles. The highest BCUT2D eigenvalue weighted by Crippen LogP contribution is 2.28. The van der Waals surface area contributed by atoms with Gasteiger partial charge in [0, 0.05) is 11.8 Å². The Hall–Kier alpha value is -1.00. The molecule has 1 amide bonds. The second-order valence-corrected chi connectivity index (χ2v) is 6.77. The molecule has 1 aromatic rings. The van der Waals surface area contributed by atoms with Gasteiger partial charge in [-0.05, 0) is 37.7 Å². The summed E-state index contributed by atoms with van der Waals surface area (Å²) in [6, 6.07) is 6.71. The van der Waals surface area contributed by atoms with Crippen LogP contribution in [0.2, 0.25) is 0 Å². The summed E-state index contributed by atoms with van der Waals surface area (Å²) < 4.78 is 0. The zero-order valence-electron chi connectivity index (χ0n) is 12.8. The molecule has 1 aliphatic heterocycles. The number of thioether (sulfide) groups is 1. The van der Waals surface area contributed by atoms with Crippen molar-refractivity contribution >= 4 is 17.7 Å². The molecule has 1 N–H and O–H groups in total. The highest BCUT2D eigenvalue weighted by Gasteiger charge is 2.35. The number of nitrogens with zero attached hydrogens (tertiary/aromatic N) is 1. The number of carbonyl (C=O) groups excluding carboxylic acids is 1. The molecule has 3 nitrogen and oxygen atoms in total.